The van der Waals surface area contributed by atoms with Crippen LogP contribution in [0, 0.1) is 0 Å². The van der Waals surface area contributed by atoms with Gasteiger partial charge in [0.1, 0.15) is 6.54 Å². The molecule has 1 aliphatic rings. The molecule has 0 saturated carbocycles. The first-order valence-corrected chi connectivity index (χ1v) is 5.83. The van der Waals surface area contributed by atoms with E-state index in [9.17, 15) is 0 Å². The molecular weight excluding hydrogens is 329 g/mol. The molecule has 6 heteroatoms. The summed E-state index contributed by atoms with van der Waals surface area (Å²) < 4.78 is 4.28. The van der Waals surface area contributed by atoms with Gasteiger partial charge in [-0.25, -0.2) is 9.55 Å². The van der Waals surface area contributed by atoms with Crippen LogP contribution in [0.1, 0.15) is 13.8 Å². The number of nitrogens with zero attached hydrogens (tertiary/aromatic N) is 5. The number of hydrogen-bond acceptors (Lipinski definition) is 3. The lowest BCUT2D eigenvalue weighted by atomic mass is 10.4. The predicted molar refractivity (Wildman–Crippen MR) is 61.3 cm³/mol. The molecule has 2 aromatic rings. The molecule has 0 unspecified atom stereocenters. The van der Waals surface area contributed by atoms with Crippen LogP contribution in [0.4, 0.5) is 5.82 Å². The normalized spacial score (nSPS) is 13.9. The Morgan fingerprint density at radius 2 is 2.12 bits per heavy atom. The van der Waals surface area contributed by atoms with E-state index in [1.807, 2.05) is 12.7 Å². The standard InChI is InChI=1S/C11H16N5.HI/c1-3-14-5-6-16-8-13-10-9(11(14)16)12-7-15(10)4-2;/h7-8H,3-6H2,1-2H3;1H/q+1;/p-1. The molecule has 2 aromatic heterocycles. The second kappa shape index (κ2) is 4.75. The Kier molecular flexibility index (Phi) is 3.50. The van der Waals surface area contributed by atoms with E-state index in [-0.39, 0.29) is 24.0 Å². The van der Waals surface area contributed by atoms with Gasteiger partial charge in [-0.2, -0.15) is 0 Å². The zero-order chi connectivity index (χ0) is 11.1. The molecule has 0 bridgehead atoms. The maximum atomic E-state index is 4.50. The van der Waals surface area contributed by atoms with Crippen molar-refractivity contribution in [3.8, 4) is 0 Å². The molecule has 5 nitrogen and oxygen atoms in total. The molecule has 3 heterocycles. The second-order valence-corrected chi connectivity index (χ2v) is 4.04. The summed E-state index contributed by atoms with van der Waals surface area (Å²) in [6.07, 6.45) is 3.81. The number of imidazole rings is 1. The van der Waals surface area contributed by atoms with Crippen molar-refractivity contribution in [3.05, 3.63) is 12.7 Å². The quantitative estimate of drug-likeness (QED) is 0.449. The van der Waals surface area contributed by atoms with Crippen LogP contribution in [0.2, 0.25) is 0 Å². The second-order valence-electron chi connectivity index (χ2n) is 4.04. The van der Waals surface area contributed by atoms with Gasteiger partial charge in [0.2, 0.25) is 12.0 Å². The van der Waals surface area contributed by atoms with Gasteiger partial charge in [0.15, 0.2) is 5.52 Å². The van der Waals surface area contributed by atoms with Crippen LogP contribution in [0.3, 0.4) is 0 Å². The van der Waals surface area contributed by atoms with Gasteiger partial charge in [-0.15, -0.1) is 0 Å². The number of rotatable bonds is 2. The minimum absolute atomic E-state index is 0. The fourth-order valence-corrected chi connectivity index (χ4v) is 2.35. The highest BCUT2D eigenvalue weighted by atomic mass is 127. The van der Waals surface area contributed by atoms with Crippen LogP contribution >= 0.6 is 0 Å². The van der Waals surface area contributed by atoms with Crippen molar-refractivity contribution in [1.29, 1.82) is 0 Å². The van der Waals surface area contributed by atoms with Crippen molar-refractivity contribution in [2.75, 3.05) is 18.0 Å². The van der Waals surface area contributed by atoms with Gasteiger partial charge in [0.05, 0.1) is 19.4 Å². The number of aryl methyl sites for hydroxylation is 1. The van der Waals surface area contributed by atoms with Crippen LogP contribution in [0.15, 0.2) is 12.7 Å². The third-order valence-corrected chi connectivity index (χ3v) is 3.25. The van der Waals surface area contributed by atoms with Crippen LogP contribution in [-0.4, -0.2) is 27.6 Å². The smallest absolute Gasteiger partial charge is 0.255 e. The minimum atomic E-state index is 0. The van der Waals surface area contributed by atoms with Gasteiger partial charge in [0.25, 0.3) is 5.82 Å². The SMILES string of the molecule is CCN1CC[n+]2cnc3c(ncn3CC)c21.[I-]. The van der Waals surface area contributed by atoms with E-state index in [1.54, 1.807) is 0 Å². The lowest BCUT2D eigenvalue weighted by molar-refractivity contribution is -0.672. The van der Waals surface area contributed by atoms with Crippen molar-refractivity contribution in [3.63, 3.8) is 0 Å². The summed E-state index contributed by atoms with van der Waals surface area (Å²) in [4.78, 5) is 11.3. The third-order valence-electron chi connectivity index (χ3n) is 3.25. The molecule has 0 aromatic carbocycles. The Labute approximate surface area is 117 Å². The summed E-state index contributed by atoms with van der Waals surface area (Å²) in [6.45, 7) is 8.32. The van der Waals surface area contributed by atoms with E-state index in [4.69, 9.17) is 0 Å². The van der Waals surface area contributed by atoms with Crippen molar-refractivity contribution >= 4 is 17.0 Å². The summed E-state index contributed by atoms with van der Waals surface area (Å²) in [5.41, 5.74) is 2.03. The summed E-state index contributed by atoms with van der Waals surface area (Å²) in [7, 11) is 0. The molecule has 0 radical (unpaired) electrons. The Bertz CT molecular complexity index is 536. The van der Waals surface area contributed by atoms with Gasteiger partial charge in [0, 0.05) is 6.54 Å². The first-order valence-electron chi connectivity index (χ1n) is 5.83. The zero-order valence-electron chi connectivity index (χ0n) is 10.1. The van der Waals surface area contributed by atoms with E-state index >= 15 is 0 Å². The molecule has 92 valence electrons. The molecule has 17 heavy (non-hydrogen) atoms. The summed E-state index contributed by atoms with van der Waals surface area (Å²) >= 11 is 0. The highest BCUT2D eigenvalue weighted by Gasteiger charge is 2.29. The van der Waals surface area contributed by atoms with Crippen LogP contribution in [0.5, 0.6) is 0 Å². The van der Waals surface area contributed by atoms with Crippen molar-refractivity contribution in [2.45, 2.75) is 26.9 Å². The molecular formula is C11H16IN5. The van der Waals surface area contributed by atoms with Gasteiger partial charge in [-0.05, 0) is 13.8 Å². The molecule has 0 amide bonds. The molecule has 3 rings (SSSR count). The van der Waals surface area contributed by atoms with Gasteiger partial charge >= 0.3 is 0 Å². The van der Waals surface area contributed by atoms with Crippen LogP contribution in [-0.2, 0) is 13.1 Å². The molecule has 1 aliphatic heterocycles. The van der Waals surface area contributed by atoms with E-state index in [0.717, 1.165) is 37.3 Å². The van der Waals surface area contributed by atoms with Crippen molar-refractivity contribution in [1.82, 2.24) is 14.5 Å². The number of anilines is 1. The van der Waals surface area contributed by atoms with Gasteiger partial charge in [-0.3, -0.25) is 4.90 Å². The predicted octanol–water partition coefficient (Wildman–Crippen LogP) is -2.42. The zero-order valence-corrected chi connectivity index (χ0v) is 12.3. The fourth-order valence-electron chi connectivity index (χ4n) is 2.35. The molecule has 0 aliphatic carbocycles. The highest BCUT2D eigenvalue weighted by Crippen LogP contribution is 2.22. The van der Waals surface area contributed by atoms with Gasteiger partial charge < -0.3 is 28.5 Å². The van der Waals surface area contributed by atoms with E-state index < -0.39 is 0 Å². The molecule has 0 saturated heterocycles. The molecule has 0 spiro atoms. The average Bonchev–Trinajstić information content (AvgIpc) is 2.91. The minimum Gasteiger partial charge on any atom is -1.00 e. The molecule has 0 fully saturated rings. The van der Waals surface area contributed by atoms with E-state index in [2.05, 4.69) is 37.8 Å². The fraction of sp³-hybridized carbons (Fsp3) is 0.545. The topological polar surface area (TPSA) is 37.8 Å². The molecule has 0 N–H and O–H groups in total. The van der Waals surface area contributed by atoms with E-state index in [0.29, 0.717) is 0 Å². The Morgan fingerprint density at radius 1 is 1.29 bits per heavy atom. The van der Waals surface area contributed by atoms with Gasteiger partial charge in [-0.1, -0.05) is 4.98 Å². The number of halogens is 1. The Balaban J connectivity index is 0.00000108. The third kappa shape index (κ3) is 1.78. The first kappa shape index (κ1) is 12.5. The number of likely N-dealkylation sites (N-methyl/N-ethyl adjacent to an activating group) is 1. The monoisotopic (exact) mass is 345 g/mol. The number of hydrogen-bond donors (Lipinski definition) is 0. The lowest BCUT2D eigenvalue weighted by Gasteiger charge is -2.08. The van der Waals surface area contributed by atoms with Crippen molar-refractivity contribution in [2.24, 2.45) is 0 Å². The largest absolute Gasteiger partial charge is 1.00 e. The summed E-state index contributed by atoms with van der Waals surface area (Å²) in [6, 6.07) is 0. The summed E-state index contributed by atoms with van der Waals surface area (Å²) in [5.74, 6) is 1.22. The summed E-state index contributed by atoms with van der Waals surface area (Å²) in [5, 5.41) is 0. The Hall–Kier alpha value is -0.920. The first-order chi connectivity index (χ1) is 7.85. The van der Waals surface area contributed by atoms with E-state index in [1.165, 1.54) is 5.82 Å². The maximum absolute atomic E-state index is 4.50. The van der Waals surface area contributed by atoms with Crippen LogP contribution in [0.25, 0.3) is 11.2 Å². The average molecular weight is 345 g/mol. The lowest BCUT2D eigenvalue weighted by Crippen LogP contribution is -3.00. The Morgan fingerprint density at radius 3 is 2.82 bits per heavy atom. The molecule has 0 atom stereocenters. The van der Waals surface area contributed by atoms with Crippen molar-refractivity contribution < 1.29 is 28.5 Å². The highest BCUT2D eigenvalue weighted by molar-refractivity contribution is 5.81. The maximum Gasteiger partial charge on any atom is 0.255 e. The number of fused-ring (bicyclic) bond motifs is 3. The number of aromatic nitrogens is 4. The van der Waals surface area contributed by atoms with Crippen LogP contribution < -0.4 is 33.4 Å².